The second kappa shape index (κ2) is 6.57. The number of hydrogen-bond acceptors (Lipinski definition) is 5. The van der Waals surface area contributed by atoms with E-state index in [0.717, 1.165) is 6.07 Å². The summed E-state index contributed by atoms with van der Waals surface area (Å²) in [7, 11) is -2.75. The number of sulfonamides is 1. The Balaban J connectivity index is 2.07. The Bertz CT molecular complexity index is 1110. The van der Waals surface area contributed by atoms with Crippen LogP contribution in [0.2, 0.25) is 0 Å². The molecule has 0 amide bonds. The summed E-state index contributed by atoms with van der Waals surface area (Å²) < 4.78 is 32.8. The number of aromatic hydroxyl groups is 1. The number of benzene rings is 3. The van der Waals surface area contributed by atoms with Crippen molar-refractivity contribution in [2.45, 2.75) is 4.90 Å². The number of anilines is 1. The number of fused-ring (bicyclic) bond motifs is 1. The van der Waals surface area contributed by atoms with Gasteiger partial charge in [-0.05, 0) is 30.3 Å². The Morgan fingerprint density at radius 2 is 1.73 bits per heavy atom. The normalized spacial score (nSPS) is 11.3. The van der Waals surface area contributed by atoms with E-state index < -0.39 is 16.0 Å². The molecule has 0 saturated heterocycles. The van der Waals surface area contributed by atoms with E-state index in [2.05, 4.69) is 4.72 Å². The molecule has 0 aliphatic rings. The number of methoxy groups -OCH3 is 1. The van der Waals surface area contributed by atoms with Crippen molar-refractivity contribution >= 4 is 32.5 Å². The molecule has 26 heavy (non-hydrogen) atoms. The molecule has 3 rings (SSSR count). The molecule has 0 atom stereocenters. The Labute approximate surface area is 149 Å². The number of phenolic OH excluding ortho intramolecular Hbond substituents is 1. The largest absolute Gasteiger partial charge is 0.507 e. The van der Waals surface area contributed by atoms with Crippen LogP contribution in [0.5, 0.6) is 11.5 Å². The third kappa shape index (κ3) is 3.14. The first kappa shape index (κ1) is 17.6. The van der Waals surface area contributed by atoms with Crippen LogP contribution in [0.3, 0.4) is 0 Å². The number of ether oxygens (including phenoxy) is 1. The molecule has 0 bridgehead atoms. The van der Waals surface area contributed by atoms with Gasteiger partial charge in [-0.3, -0.25) is 4.72 Å². The maximum atomic E-state index is 12.7. The van der Waals surface area contributed by atoms with E-state index in [4.69, 9.17) is 4.74 Å². The van der Waals surface area contributed by atoms with Gasteiger partial charge in [-0.1, -0.05) is 24.3 Å². The number of nitrogens with one attached hydrogen (secondary N) is 1. The molecule has 0 aliphatic carbocycles. The number of carbonyl (C=O) groups is 1. The van der Waals surface area contributed by atoms with Gasteiger partial charge in [0.05, 0.1) is 17.7 Å². The highest BCUT2D eigenvalue weighted by Gasteiger charge is 2.20. The molecule has 0 aliphatic heterocycles. The summed E-state index contributed by atoms with van der Waals surface area (Å²) in [5.41, 5.74) is 0.0111. The van der Waals surface area contributed by atoms with Gasteiger partial charge in [-0.25, -0.2) is 13.2 Å². The van der Waals surface area contributed by atoms with Crippen LogP contribution in [0, 0.1) is 0 Å². The number of hydrogen-bond donors (Lipinski definition) is 3. The van der Waals surface area contributed by atoms with Crippen molar-refractivity contribution in [1.29, 1.82) is 0 Å². The summed E-state index contributed by atoms with van der Waals surface area (Å²) in [6, 6.07) is 13.2. The Morgan fingerprint density at radius 1 is 1.04 bits per heavy atom. The molecule has 3 aromatic rings. The molecule has 7 nitrogen and oxygen atoms in total. The molecular weight excluding hydrogens is 358 g/mol. The maximum absolute atomic E-state index is 12.7. The lowest BCUT2D eigenvalue weighted by atomic mass is 10.1. The summed E-state index contributed by atoms with van der Waals surface area (Å²) >= 11 is 0. The summed E-state index contributed by atoms with van der Waals surface area (Å²) in [5, 5.41) is 20.1. The topological polar surface area (TPSA) is 113 Å². The molecule has 0 fully saturated rings. The van der Waals surface area contributed by atoms with Crippen LogP contribution < -0.4 is 9.46 Å². The van der Waals surface area contributed by atoms with Gasteiger partial charge >= 0.3 is 5.97 Å². The van der Waals surface area contributed by atoms with Crippen molar-refractivity contribution in [1.82, 2.24) is 0 Å². The van der Waals surface area contributed by atoms with Crippen molar-refractivity contribution < 1.29 is 28.2 Å². The van der Waals surface area contributed by atoms with Crippen LogP contribution in [0.4, 0.5) is 5.69 Å². The zero-order valence-corrected chi connectivity index (χ0v) is 14.4. The van der Waals surface area contributed by atoms with Crippen molar-refractivity contribution in [2.24, 2.45) is 0 Å². The first-order valence-electron chi connectivity index (χ1n) is 7.48. The zero-order chi connectivity index (χ0) is 18.9. The SMILES string of the molecule is COc1ccc(S(=O)(=O)Nc2ccc(O)c3ccccc23)cc1C(=O)O. The average Bonchev–Trinajstić information content (AvgIpc) is 2.63. The Kier molecular flexibility index (Phi) is 4.43. The van der Waals surface area contributed by atoms with Gasteiger partial charge in [0.15, 0.2) is 0 Å². The average molecular weight is 373 g/mol. The second-order valence-corrected chi connectivity index (χ2v) is 7.13. The molecule has 8 heteroatoms. The highest BCUT2D eigenvalue weighted by Crippen LogP contribution is 2.32. The molecule has 3 aromatic carbocycles. The van der Waals surface area contributed by atoms with E-state index in [1.807, 2.05) is 0 Å². The minimum Gasteiger partial charge on any atom is -0.507 e. The Morgan fingerprint density at radius 3 is 2.38 bits per heavy atom. The molecule has 0 aromatic heterocycles. The number of aromatic carboxylic acids is 1. The van der Waals surface area contributed by atoms with Crippen molar-refractivity contribution in [3.63, 3.8) is 0 Å². The van der Waals surface area contributed by atoms with Crippen LogP contribution in [-0.4, -0.2) is 31.7 Å². The predicted molar refractivity (Wildman–Crippen MR) is 96.4 cm³/mol. The van der Waals surface area contributed by atoms with Gasteiger partial charge in [-0.2, -0.15) is 0 Å². The van der Waals surface area contributed by atoms with E-state index in [9.17, 15) is 23.4 Å². The molecule has 0 spiro atoms. The fourth-order valence-corrected chi connectivity index (χ4v) is 3.70. The molecular formula is C18H15NO6S. The summed E-state index contributed by atoms with van der Waals surface area (Å²) in [5.74, 6) is -1.21. The van der Waals surface area contributed by atoms with E-state index in [1.54, 1.807) is 24.3 Å². The first-order chi connectivity index (χ1) is 12.3. The van der Waals surface area contributed by atoms with Crippen LogP contribution >= 0.6 is 0 Å². The molecule has 0 unspecified atom stereocenters. The van der Waals surface area contributed by atoms with Gasteiger partial charge in [0.25, 0.3) is 10.0 Å². The standard InChI is InChI=1S/C18H15NO6S/c1-25-17-9-6-11(10-14(17)18(21)22)26(23,24)19-15-7-8-16(20)13-5-3-2-4-12(13)15/h2-10,19-20H,1H3,(H,21,22). The highest BCUT2D eigenvalue weighted by atomic mass is 32.2. The molecule has 134 valence electrons. The minimum absolute atomic E-state index is 0.0289. The molecule has 0 radical (unpaired) electrons. The number of carboxylic acids is 1. The lowest BCUT2D eigenvalue weighted by molar-refractivity contribution is 0.0693. The smallest absolute Gasteiger partial charge is 0.339 e. The van der Waals surface area contributed by atoms with Gasteiger partial charge in [0.1, 0.15) is 17.1 Å². The fraction of sp³-hybridized carbons (Fsp3) is 0.0556. The highest BCUT2D eigenvalue weighted by molar-refractivity contribution is 7.92. The van der Waals surface area contributed by atoms with Gasteiger partial charge in [0, 0.05) is 10.8 Å². The van der Waals surface area contributed by atoms with Crippen LogP contribution in [-0.2, 0) is 10.0 Å². The van der Waals surface area contributed by atoms with E-state index >= 15 is 0 Å². The monoisotopic (exact) mass is 373 g/mol. The lowest BCUT2D eigenvalue weighted by Gasteiger charge is -2.13. The van der Waals surface area contributed by atoms with Gasteiger partial charge < -0.3 is 14.9 Å². The third-order valence-corrected chi connectivity index (χ3v) is 5.22. The Hall–Kier alpha value is -3.26. The van der Waals surface area contributed by atoms with Crippen LogP contribution in [0.15, 0.2) is 59.5 Å². The molecule has 3 N–H and O–H groups in total. The first-order valence-corrected chi connectivity index (χ1v) is 8.96. The predicted octanol–water partition coefficient (Wildman–Crippen LogP) is 3.05. The van der Waals surface area contributed by atoms with Gasteiger partial charge in [-0.15, -0.1) is 0 Å². The van der Waals surface area contributed by atoms with Crippen molar-refractivity contribution in [3.8, 4) is 11.5 Å². The quantitative estimate of drug-likeness (QED) is 0.593. The molecule has 0 saturated carbocycles. The lowest BCUT2D eigenvalue weighted by Crippen LogP contribution is -2.14. The summed E-state index contributed by atoms with van der Waals surface area (Å²) in [6.07, 6.45) is 0. The van der Waals surface area contributed by atoms with Crippen LogP contribution in [0.1, 0.15) is 10.4 Å². The van der Waals surface area contributed by atoms with Crippen molar-refractivity contribution in [2.75, 3.05) is 11.8 Å². The van der Waals surface area contributed by atoms with Crippen LogP contribution in [0.25, 0.3) is 10.8 Å². The summed E-state index contributed by atoms with van der Waals surface area (Å²) in [6.45, 7) is 0. The minimum atomic E-state index is -4.05. The maximum Gasteiger partial charge on any atom is 0.339 e. The summed E-state index contributed by atoms with van der Waals surface area (Å²) in [4.78, 5) is 11.1. The zero-order valence-electron chi connectivity index (χ0n) is 13.6. The van der Waals surface area contributed by atoms with Crippen molar-refractivity contribution in [3.05, 3.63) is 60.2 Å². The van der Waals surface area contributed by atoms with E-state index in [1.165, 1.54) is 31.4 Å². The number of phenols is 1. The molecule has 0 heterocycles. The van der Waals surface area contributed by atoms with E-state index in [0.29, 0.717) is 10.8 Å². The van der Waals surface area contributed by atoms with E-state index in [-0.39, 0.29) is 27.6 Å². The van der Waals surface area contributed by atoms with Gasteiger partial charge in [0.2, 0.25) is 0 Å². The fourth-order valence-electron chi connectivity index (χ4n) is 2.60. The third-order valence-electron chi connectivity index (χ3n) is 3.86. The number of carboxylic acid groups (broad SMARTS) is 1. The number of rotatable bonds is 5. The second-order valence-electron chi connectivity index (χ2n) is 5.45.